The maximum absolute atomic E-state index is 13.5. The molecule has 2 fully saturated rings. The summed E-state index contributed by atoms with van der Waals surface area (Å²) in [7, 11) is 0. The minimum Gasteiger partial charge on any atom is -0.368 e. The average Bonchev–Trinajstić information content (AvgIpc) is 3.51. The predicted molar refractivity (Wildman–Crippen MR) is 123 cm³/mol. The lowest BCUT2D eigenvalue weighted by molar-refractivity contribution is -0.132. The van der Waals surface area contributed by atoms with E-state index in [1.54, 1.807) is 28.8 Å². The van der Waals surface area contributed by atoms with Gasteiger partial charge >= 0.3 is 0 Å². The van der Waals surface area contributed by atoms with Crippen molar-refractivity contribution in [3.63, 3.8) is 0 Å². The van der Waals surface area contributed by atoms with E-state index in [1.165, 1.54) is 0 Å². The number of nitrogens with zero attached hydrogens (tertiary/aromatic N) is 1. The lowest BCUT2D eigenvalue weighted by Gasteiger charge is -2.27. The zero-order chi connectivity index (χ0) is 23.7. The van der Waals surface area contributed by atoms with Crippen LogP contribution in [0, 0.1) is 11.8 Å². The number of fused-ring (bicyclic) bond motifs is 1. The molecule has 1 saturated heterocycles. The first-order valence-corrected chi connectivity index (χ1v) is 11.6. The van der Waals surface area contributed by atoms with Gasteiger partial charge in [0.05, 0.1) is 5.52 Å². The van der Waals surface area contributed by atoms with Crippen LogP contribution in [0.3, 0.4) is 0 Å². The smallest absolute Gasteiger partial charge is 0.265 e. The minimum atomic E-state index is -1.00. The highest BCUT2D eigenvalue weighted by Crippen LogP contribution is 2.39. The van der Waals surface area contributed by atoms with Gasteiger partial charge < -0.3 is 26.7 Å². The highest BCUT2D eigenvalue weighted by atomic mass is 35.5. The molecule has 9 nitrogen and oxygen atoms in total. The van der Waals surface area contributed by atoms with Crippen molar-refractivity contribution in [2.24, 2.45) is 23.3 Å². The molecule has 2 heterocycles. The zero-order valence-corrected chi connectivity index (χ0v) is 18.9. The molecule has 4 amide bonds. The first-order valence-electron chi connectivity index (χ1n) is 11.2. The molecule has 4 rings (SSSR count). The molecule has 1 aliphatic carbocycles. The maximum atomic E-state index is 13.5. The first-order chi connectivity index (χ1) is 15.7. The Morgan fingerprint density at radius 3 is 2.55 bits per heavy atom. The fourth-order valence-corrected chi connectivity index (χ4v) is 4.74. The third kappa shape index (κ3) is 5.13. The van der Waals surface area contributed by atoms with Crippen LogP contribution in [0.5, 0.6) is 0 Å². The van der Waals surface area contributed by atoms with Crippen molar-refractivity contribution in [1.29, 1.82) is 0 Å². The lowest BCUT2D eigenvalue weighted by Crippen LogP contribution is -2.50. The quantitative estimate of drug-likeness (QED) is 0.437. The molecule has 0 spiro atoms. The highest BCUT2D eigenvalue weighted by Gasteiger charge is 2.36. The Morgan fingerprint density at radius 2 is 1.91 bits per heavy atom. The number of amides is 4. The number of primary amides is 2. The summed E-state index contributed by atoms with van der Waals surface area (Å²) in [6.45, 7) is 0.603. The Hall–Kier alpha value is -3.07. The Labute approximate surface area is 196 Å². The molecule has 1 saturated carbocycles. The van der Waals surface area contributed by atoms with Gasteiger partial charge in [-0.1, -0.05) is 30.5 Å². The van der Waals surface area contributed by atoms with E-state index in [9.17, 15) is 19.2 Å². The fraction of sp³-hybridized carbons (Fsp3) is 0.478. The molecule has 2 aromatic rings. The average molecular weight is 474 g/mol. The molecule has 176 valence electrons. The summed E-state index contributed by atoms with van der Waals surface area (Å²) >= 11 is 6.20. The molecule has 6 N–H and O–H groups in total. The predicted octanol–water partition coefficient (Wildman–Crippen LogP) is 1.62. The van der Waals surface area contributed by atoms with Crippen LogP contribution < -0.4 is 22.1 Å². The number of hydrogen-bond donors (Lipinski definition) is 4. The number of nitrogens with one attached hydrogen (secondary N) is 2. The normalized spacial score (nSPS) is 20.2. The maximum Gasteiger partial charge on any atom is 0.265 e. The number of halogens is 1. The second kappa shape index (κ2) is 9.43. The van der Waals surface area contributed by atoms with Gasteiger partial charge in [-0.2, -0.15) is 0 Å². The fourth-order valence-electron chi connectivity index (χ4n) is 4.58. The number of carbonyl (C=O) groups excluding carboxylic acids is 4. The summed E-state index contributed by atoms with van der Waals surface area (Å²) in [6, 6.07) is 5.01. The van der Waals surface area contributed by atoms with Crippen LogP contribution in [-0.2, 0) is 14.4 Å². The Kier molecular flexibility index (Phi) is 6.60. The molecule has 3 atom stereocenters. The van der Waals surface area contributed by atoms with Crippen LogP contribution in [0.25, 0.3) is 10.9 Å². The van der Waals surface area contributed by atoms with E-state index in [0.717, 1.165) is 24.6 Å². The molecule has 2 aliphatic rings. The lowest BCUT2D eigenvalue weighted by atomic mass is 9.91. The third-order valence-electron chi connectivity index (χ3n) is 6.50. The molecular weight excluding hydrogens is 446 g/mol. The number of carbonyl (C=O) groups is 4. The monoisotopic (exact) mass is 473 g/mol. The summed E-state index contributed by atoms with van der Waals surface area (Å²) in [6.07, 6.45) is 4.01. The molecule has 0 bridgehead atoms. The van der Waals surface area contributed by atoms with E-state index >= 15 is 0 Å². The van der Waals surface area contributed by atoms with E-state index < -0.39 is 35.7 Å². The van der Waals surface area contributed by atoms with Gasteiger partial charge in [0.15, 0.2) is 0 Å². The van der Waals surface area contributed by atoms with Crippen molar-refractivity contribution in [2.45, 2.75) is 50.6 Å². The molecule has 1 aromatic carbocycles. The van der Waals surface area contributed by atoms with Gasteiger partial charge in [-0.15, -0.1) is 0 Å². The second-order valence-electron chi connectivity index (χ2n) is 8.99. The van der Waals surface area contributed by atoms with Gasteiger partial charge in [-0.3, -0.25) is 19.2 Å². The molecule has 1 aromatic heterocycles. The number of rotatable bonds is 9. The summed E-state index contributed by atoms with van der Waals surface area (Å²) in [5.41, 5.74) is 12.0. The van der Waals surface area contributed by atoms with Crippen LogP contribution in [0.4, 0.5) is 0 Å². The van der Waals surface area contributed by atoms with Crippen LogP contribution in [0.1, 0.15) is 55.1 Å². The third-order valence-corrected chi connectivity index (χ3v) is 6.74. The van der Waals surface area contributed by atoms with E-state index in [-0.39, 0.29) is 18.0 Å². The number of aromatic nitrogens is 1. The largest absolute Gasteiger partial charge is 0.368 e. The van der Waals surface area contributed by atoms with Gasteiger partial charge in [-0.25, -0.2) is 0 Å². The number of benzene rings is 1. The van der Waals surface area contributed by atoms with E-state index in [2.05, 4.69) is 10.6 Å². The number of hydrogen-bond acceptors (Lipinski definition) is 4. The van der Waals surface area contributed by atoms with Crippen LogP contribution in [0.15, 0.2) is 24.3 Å². The summed E-state index contributed by atoms with van der Waals surface area (Å²) in [4.78, 5) is 50.1. The Balaban J connectivity index is 1.66. The molecule has 0 radical (unpaired) electrons. The van der Waals surface area contributed by atoms with Crippen LogP contribution >= 0.6 is 11.6 Å². The minimum absolute atomic E-state index is 0.129. The van der Waals surface area contributed by atoms with Crippen molar-refractivity contribution < 1.29 is 19.2 Å². The summed E-state index contributed by atoms with van der Waals surface area (Å²) < 4.78 is 1.61. The van der Waals surface area contributed by atoms with Gasteiger partial charge in [-0.05, 0) is 49.8 Å². The van der Waals surface area contributed by atoms with Crippen LogP contribution in [0.2, 0.25) is 5.02 Å². The number of nitrogens with two attached hydrogens (primary N) is 2. The molecule has 0 unspecified atom stereocenters. The Bertz CT molecular complexity index is 1110. The summed E-state index contributed by atoms with van der Waals surface area (Å²) in [5.74, 6) is -2.02. The molecule has 10 heteroatoms. The topological polar surface area (TPSA) is 149 Å². The second-order valence-corrected chi connectivity index (χ2v) is 9.43. The summed E-state index contributed by atoms with van der Waals surface area (Å²) in [5, 5.41) is 6.72. The molecule has 33 heavy (non-hydrogen) atoms. The zero-order valence-electron chi connectivity index (χ0n) is 18.2. The van der Waals surface area contributed by atoms with Crippen molar-refractivity contribution in [2.75, 3.05) is 6.54 Å². The van der Waals surface area contributed by atoms with Crippen molar-refractivity contribution in [1.82, 2.24) is 15.2 Å². The Morgan fingerprint density at radius 1 is 1.15 bits per heavy atom. The van der Waals surface area contributed by atoms with Gasteiger partial charge in [0.1, 0.15) is 17.8 Å². The van der Waals surface area contributed by atoms with E-state index in [1.807, 2.05) is 0 Å². The van der Waals surface area contributed by atoms with Crippen molar-refractivity contribution in [3.8, 4) is 0 Å². The molecule has 1 aliphatic heterocycles. The SMILES string of the molecule is NC(=O)c1cc2ccc(Cl)cc2n1[C@@H](CC1CC1)C(=O)N[C@@H](C[C@@H]1CCCNC1=O)C(N)=O. The van der Waals surface area contributed by atoms with Gasteiger partial charge in [0.2, 0.25) is 17.7 Å². The van der Waals surface area contributed by atoms with Crippen molar-refractivity contribution >= 4 is 46.1 Å². The first kappa shape index (κ1) is 23.1. The van der Waals surface area contributed by atoms with Gasteiger partial charge in [0, 0.05) is 22.9 Å². The number of piperidine rings is 1. The highest BCUT2D eigenvalue weighted by molar-refractivity contribution is 6.31. The standard InChI is InChI=1S/C23H28ClN5O4/c24-15-6-5-13-10-18(21(26)31)29(17(13)11-15)19(8-12-3-4-12)23(33)28-16(20(25)30)9-14-2-1-7-27-22(14)32/h5-6,10-12,14,16,19H,1-4,7-9H2,(H2,25,30)(H2,26,31)(H,27,32)(H,28,33)/t14-,16-,19-/m0/s1. The van der Waals surface area contributed by atoms with Crippen LogP contribution in [-0.4, -0.2) is 40.8 Å². The van der Waals surface area contributed by atoms with E-state index in [4.69, 9.17) is 23.1 Å². The van der Waals surface area contributed by atoms with Gasteiger partial charge in [0.25, 0.3) is 5.91 Å². The van der Waals surface area contributed by atoms with E-state index in [0.29, 0.717) is 35.8 Å². The molecular formula is C23H28ClN5O4. The van der Waals surface area contributed by atoms with Crippen molar-refractivity contribution in [3.05, 3.63) is 35.0 Å².